The molecule has 0 aromatic heterocycles. The first-order valence-electron chi connectivity index (χ1n) is 38.2. The highest BCUT2D eigenvalue weighted by atomic mass is 31.2. The van der Waals surface area contributed by atoms with Gasteiger partial charge in [-0.05, 0) is 49.4 Å². The van der Waals surface area contributed by atoms with Crippen LogP contribution in [0.5, 0.6) is 0 Å². The minimum atomic E-state index is -4.96. The third-order valence-electron chi connectivity index (χ3n) is 17.4. The Labute approximate surface area is 568 Å². The van der Waals surface area contributed by atoms with Gasteiger partial charge in [-0.25, -0.2) is 9.13 Å². The van der Waals surface area contributed by atoms with Crippen molar-refractivity contribution < 1.29 is 80.2 Å². The fourth-order valence-corrected chi connectivity index (χ4v) is 12.7. The Hall–Kier alpha value is -1.94. The molecule has 0 saturated heterocycles. The van der Waals surface area contributed by atoms with E-state index in [0.29, 0.717) is 31.6 Å². The number of esters is 4. The van der Waals surface area contributed by atoms with Crippen molar-refractivity contribution in [1.29, 1.82) is 0 Å². The third-order valence-corrected chi connectivity index (χ3v) is 19.3. The third kappa shape index (κ3) is 67.0. The molecule has 0 heterocycles. The molecule has 0 fully saturated rings. The average molecular weight is 1370 g/mol. The summed E-state index contributed by atoms with van der Waals surface area (Å²) >= 11 is 0. The van der Waals surface area contributed by atoms with Crippen LogP contribution in [-0.4, -0.2) is 96.7 Å². The molecule has 0 radical (unpaired) electrons. The molecule has 0 bridgehead atoms. The van der Waals surface area contributed by atoms with E-state index >= 15 is 0 Å². The van der Waals surface area contributed by atoms with Crippen LogP contribution in [0.1, 0.15) is 370 Å². The van der Waals surface area contributed by atoms with Crippen molar-refractivity contribution in [3.05, 3.63) is 0 Å². The molecule has 3 N–H and O–H groups in total. The average Bonchev–Trinajstić information content (AvgIpc) is 2.00. The number of aliphatic hydroxyl groups is 1. The molecule has 3 unspecified atom stereocenters. The minimum Gasteiger partial charge on any atom is -0.462 e. The first-order valence-corrected chi connectivity index (χ1v) is 41.2. The summed E-state index contributed by atoms with van der Waals surface area (Å²) in [5, 5.41) is 10.6. The summed E-state index contributed by atoms with van der Waals surface area (Å²) in [5.41, 5.74) is 0. The van der Waals surface area contributed by atoms with Crippen LogP contribution in [0.25, 0.3) is 0 Å². The topological polar surface area (TPSA) is 237 Å². The van der Waals surface area contributed by atoms with Gasteiger partial charge in [-0.2, -0.15) is 0 Å². The Morgan fingerprint density at radius 2 is 0.516 bits per heavy atom. The molecule has 0 aliphatic carbocycles. The van der Waals surface area contributed by atoms with E-state index in [0.717, 1.165) is 120 Å². The number of carbonyl (C=O) groups is 4. The van der Waals surface area contributed by atoms with Gasteiger partial charge >= 0.3 is 39.5 Å². The lowest BCUT2D eigenvalue weighted by atomic mass is 10.00. The lowest BCUT2D eigenvalue weighted by Gasteiger charge is -2.21. The van der Waals surface area contributed by atoms with Crippen LogP contribution in [0, 0.1) is 23.7 Å². The summed E-state index contributed by atoms with van der Waals surface area (Å²) in [6.45, 7) is 14.1. The van der Waals surface area contributed by atoms with Crippen molar-refractivity contribution in [3.63, 3.8) is 0 Å². The fourth-order valence-electron chi connectivity index (χ4n) is 11.2. The van der Waals surface area contributed by atoms with Gasteiger partial charge in [-0.15, -0.1) is 0 Å². The summed E-state index contributed by atoms with van der Waals surface area (Å²) in [6, 6.07) is 0. The molecule has 0 aromatic rings. The number of carbonyl (C=O) groups excluding carboxylic acids is 4. The van der Waals surface area contributed by atoms with Crippen molar-refractivity contribution in [2.45, 2.75) is 388 Å². The van der Waals surface area contributed by atoms with Gasteiger partial charge in [0, 0.05) is 25.7 Å². The van der Waals surface area contributed by atoms with Gasteiger partial charge in [0.2, 0.25) is 0 Å². The molecular weight excluding hydrogens is 1220 g/mol. The SMILES string of the molecule is CCC(C)CCCCCCCCC(=O)OC[C@H](COP(=O)(O)OC[C@H](O)COP(=O)(O)OC[C@@H](COC(=O)CCCCCCCCCC(C)C)OC(=O)CCCCCCCCCCCCCC(C)C)OC(=O)CCCCCCCCCCCCCCCCCCC(C)C. The maximum atomic E-state index is 13.0. The molecule has 0 amide bonds. The number of hydrogen-bond acceptors (Lipinski definition) is 15. The zero-order valence-corrected chi connectivity index (χ0v) is 62.7. The molecule has 0 saturated carbocycles. The Morgan fingerprint density at radius 3 is 0.763 bits per heavy atom. The van der Waals surface area contributed by atoms with Gasteiger partial charge < -0.3 is 33.8 Å². The maximum absolute atomic E-state index is 13.0. The molecule has 0 aliphatic rings. The second-order valence-electron chi connectivity index (χ2n) is 28.4. The molecule has 93 heavy (non-hydrogen) atoms. The minimum absolute atomic E-state index is 0.105. The second-order valence-corrected chi connectivity index (χ2v) is 31.3. The normalized spacial score (nSPS) is 14.5. The molecule has 0 spiro atoms. The monoisotopic (exact) mass is 1370 g/mol. The predicted molar refractivity (Wildman–Crippen MR) is 377 cm³/mol. The number of phosphoric ester groups is 2. The number of unbranched alkanes of at least 4 members (excludes halogenated alkanes) is 36. The van der Waals surface area contributed by atoms with Gasteiger partial charge in [-0.1, -0.05) is 319 Å². The highest BCUT2D eigenvalue weighted by molar-refractivity contribution is 7.47. The van der Waals surface area contributed by atoms with Gasteiger partial charge in [0.25, 0.3) is 0 Å². The summed E-state index contributed by atoms with van der Waals surface area (Å²) in [6.07, 6.45) is 47.3. The Bertz CT molecular complexity index is 1840. The zero-order chi connectivity index (χ0) is 68.9. The van der Waals surface area contributed by atoms with Crippen molar-refractivity contribution in [2.75, 3.05) is 39.6 Å². The van der Waals surface area contributed by atoms with E-state index in [1.807, 2.05) is 0 Å². The van der Waals surface area contributed by atoms with E-state index in [4.69, 9.17) is 37.0 Å². The van der Waals surface area contributed by atoms with Crippen LogP contribution in [0.3, 0.4) is 0 Å². The summed E-state index contributed by atoms with van der Waals surface area (Å²) < 4.78 is 68.4. The summed E-state index contributed by atoms with van der Waals surface area (Å²) in [4.78, 5) is 72.7. The van der Waals surface area contributed by atoms with Crippen LogP contribution in [-0.2, 0) is 65.4 Å². The first-order chi connectivity index (χ1) is 44.6. The number of rotatable bonds is 71. The number of phosphoric acid groups is 2. The standard InChI is InChI=1S/C74H144O17P2/c1-9-67(8)53-45-37-32-33-39-47-55-72(77)85-61-70(91-73(78)56-48-40-29-23-19-15-13-11-10-12-14-17-21-26-34-42-50-64(2)3)63-89-93(82,83)87-59-68(75)58-86-92(80,81)88-62-69(60-84-71(76)54-46-38-31-25-28-36-44-52-66(6)7)90-74(79)57-49-41-30-24-20-16-18-22-27-35-43-51-65(4)5/h64-70,75H,9-63H2,1-8H3,(H,80,81)(H,82,83)/t67?,68-,69-,70-/m1/s1. The van der Waals surface area contributed by atoms with Crippen LogP contribution >= 0.6 is 15.6 Å². The summed E-state index contributed by atoms with van der Waals surface area (Å²) in [7, 11) is -9.91. The van der Waals surface area contributed by atoms with Crippen LogP contribution < -0.4 is 0 Å². The highest BCUT2D eigenvalue weighted by Crippen LogP contribution is 2.45. The van der Waals surface area contributed by atoms with Crippen molar-refractivity contribution in [3.8, 4) is 0 Å². The number of ether oxygens (including phenoxy) is 4. The fraction of sp³-hybridized carbons (Fsp3) is 0.946. The smallest absolute Gasteiger partial charge is 0.462 e. The molecule has 552 valence electrons. The van der Waals surface area contributed by atoms with Gasteiger partial charge in [0.05, 0.1) is 26.4 Å². The summed E-state index contributed by atoms with van der Waals surface area (Å²) in [5.74, 6) is 0.885. The zero-order valence-electron chi connectivity index (χ0n) is 60.9. The Morgan fingerprint density at radius 1 is 0.301 bits per heavy atom. The second kappa shape index (κ2) is 63.5. The van der Waals surface area contributed by atoms with Crippen molar-refractivity contribution in [2.24, 2.45) is 23.7 Å². The van der Waals surface area contributed by atoms with Gasteiger partial charge in [0.1, 0.15) is 19.3 Å². The van der Waals surface area contributed by atoms with Crippen molar-refractivity contribution >= 4 is 39.5 Å². The molecular formula is C74H144O17P2. The first kappa shape index (κ1) is 91.1. The number of aliphatic hydroxyl groups excluding tert-OH is 1. The lowest BCUT2D eigenvalue weighted by molar-refractivity contribution is -0.161. The van der Waals surface area contributed by atoms with Gasteiger partial charge in [-0.3, -0.25) is 37.3 Å². The molecule has 6 atom stereocenters. The molecule has 0 aliphatic heterocycles. The highest BCUT2D eigenvalue weighted by Gasteiger charge is 2.30. The van der Waals surface area contributed by atoms with E-state index in [9.17, 15) is 43.2 Å². The molecule has 0 rings (SSSR count). The Kier molecular flexibility index (Phi) is 62.2. The lowest BCUT2D eigenvalue weighted by Crippen LogP contribution is -2.30. The number of hydrogen-bond donors (Lipinski definition) is 3. The largest absolute Gasteiger partial charge is 0.472 e. The van der Waals surface area contributed by atoms with E-state index in [1.165, 1.54) is 161 Å². The van der Waals surface area contributed by atoms with Gasteiger partial charge in [0.15, 0.2) is 12.2 Å². The molecule has 0 aromatic carbocycles. The van der Waals surface area contributed by atoms with Crippen molar-refractivity contribution in [1.82, 2.24) is 0 Å². The quantitative estimate of drug-likeness (QED) is 0.0222. The predicted octanol–water partition coefficient (Wildman–Crippen LogP) is 21.3. The van der Waals surface area contributed by atoms with E-state index in [1.54, 1.807) is 0 Å². The van der Waals surface area contributed by atoms with Crippen LogP contribution in [0.15, 0.2) is 0 Å². The Balaban J connectivity index is 5.21. The van der Waals surface area contributed by atoms with E-state index in [-0.39, 0.29) is 25.7 Å². The van der Waals surface area contributed by atoms with Crippen LogP contribution in [0.4, 0.5) is 0 Å². The molecule has 17 nitrogen and oxygen atoms in total. The molecule has 19 heteroatoms. The van der Waals surface area contributed by atoms with E-state index in [2.05, 4.69) is 55.4 Å². The van der Waals surface area contributed by atoms with Crippen LogP contribution in [0.2, 0.25) is 0 Å². The van der Waals surface area contributed by atoms with E-state index < -0.39 is 97.5 Å². The maximum Gasteiger partial charge on any atom is 0.472 e.